The lowest BCUT2D eigenvalue weighted by atomic mass is 10.2. The maximum absolute atomic E-state index is 12.3. The third-order valence-electron chi connectivity index (χ3n) is 3.07. The van der Waals surface area contributed by atoms with Crippen LogP contribution in [0.15, 0.2) is 15.9 Å². The maximum Gasteiger partial charge on any atom is 0.262 e. The number of nitrogens with zero attached hydrogens (tertiary/aromatic N) is 1. The highest BCUT2D eigenvalue weighted by Gasteiger charge is 2.26. The summed E-state index contributed by atoms with van der Waals surface area (Å²) in [5.41, 5.74) is 0. The van der Waals surface area contributed by atoms with Crippen molar-refractivity contribution in [3.8, 4) is 0 Å². The molecule has 1 aliphatic rings. The molecule has 20 heavy (non-hydrogen) atoms. The van der Waals surface area contributed by atoms with Crippen LogP contribution in [0.25, 0.3) is 0 Å². The Bertz CT molecular complexity index is 506. The Labute approximate surface area is 130 Å². The van der Waals surface area contributed by atoms with Crippen LogP contribution in [0.3, 0.4) is 0 Å². The molecule has 1 N–H and O–H groups in total. The van der Waals surface area contributed by atoms with Crippen molar-refractivity contribution in [1.82, 2.24) is 10.2 Å². The van der Waals surface area contributed by atoms with E-state index in [2.05, 4.69) is 21.2 Å². The fraction of sp³-hybridized carbons (Fsp3) is 0.538. The van der Waals surface area contributed by atoms with Crippen LogP contribution in [-0.2, 0) is 9.53 Å². The summed E-state index contributed by atoms with van der Waals surface area (Å²) < 4.78 is 6.30. The molecule has 0 bridgehead atoms. The standard InChI is InChI=1S/C13H17BrN2O3S/c1-8-7-16(5-6-19-8)13(18)9(2)15-12(17)10-3-4-11(14)20-10/h3-4,8-9H,5-7H2,1-2H3,(H,15,17)/t8-,9-/m1/s1. The molecule has 1 saturated heterocycles. The van der Waals surface area contributed by atoms with Crippen molar-refractivity contribution in [3.05, 3.63) is 20.8 Å². The topological polar surface area (TPSA) is 58.6 Å². The molecule has 7 heteroatoms. The van der Waals surface area contributed by atoms with Gasteiger partial charge >= 0.3 is 0 Å². The quantitative estimate of drug-likeness (QED) is 0.894. The Morgan fingerprint density at radius 2 is 2.30 bits per heavy atom. The summed E-state index contributed by atoms with van der Waals surface area (Å²) in [6.07, 6.45) is 0.0452. The number of halogens is 1. The van der Waals surface area contributed by atoms with E-state index in [1.54, 1.807) is 17.9 Å². The van der Waals surface area contributed by atoms with Gasteiger partial charge in [-0.3, -0.25) is 9.59 Å². The summed E-state index contributed by atoms with van der Waals surface area (Å²) in [6.45, 7) is 5.35. The third-order valence-corrected chi connectivity index (χ3v) is 4.69. The van der Waals surface area contributed by atoms with Gasteiger partial charge in [-0.1, -0.05) is 0 Å². The summed E-state index contributed by atoms with van der Waals surface area (Å²) in [4.78, 5) is 26.6. The van der Waals surface area contributed by atoms with Gasteiger partial charge in [-0.15, -0.1) is 11.3 Å². The fourth-order valence-electron chi connectivity index (χ4n) is 2.06. The second kappa shape index (κ2) is 6.69. The van der Waals surface area contributed by atoms with Crippen LogP contribution in [0.4, 0.5) is 0 Å². The van der Waals surface area contributed by atoms with Crippen LogP contribution in [0, 0.1) is 0 Å². The van der Waals surface area contributed by atoms with Crippen molar-refractivity contribution in [2.45, 2.75) is 26.0 Å². The molecule has 0 radical (unpaired) electrons. The first-order valence-corrected chi connectivity index (χ1v) is 8.05. The summed E-state index contributed by atoms with van der Waals surface area (Å²) in [5.74, 6) is -0.285. The van der Waals surface area contributed by atoms with Gasteiger partial charge in [0.25, 0.3) is 5.91 Å². The average molecular weight is 361 g/mol. The van der Waals surface area contributed by atoms with Crippen LogP contribution in [0.5, 0.6) is 0 Å². The summed E-state index contributed by atoms with van der Waals surface area (Å²) >= 11 is 4.66. The number of ether oxygens (including phenoxy) is 1. The molecule has 5 nitrogen and oxygen atoms in total. The molecule has 0 aliphatic carbocycles. The molecule has 0 spiro atoms. The second-order valence-corrected chi connectivity index (χ2v) is 7.23. The van der Waals surface area contributed by atoms with Crippen LogP contribution in [0.2, 0.25) is 0 Å². The number of morpholine rings is 1. The SMILES string of the molecule is C[C@@H]1CN(C(=O)[C@@H](C)NC(=O)c2ccc(Br)s2)CCO1. The van der Waals surface area contributed by atoms with Crippen molar-refractivity contribution >= 4 is 39.1 Å². The van der Waals surface area contributed by atoms with Crippen molar-refractivity contribution in [2.24, 2.45) is 0 Å². The molecule has 0 saturated carbocycles. The van der Waals surface area contributed by atoms with E-state index in [9.17, 15) is 9.59 Å². The van der Waals surface area contributed by atoms with E-state index in [-0.39, 0.29) is 17.9 Å². The highest BCUT2D eigenvalue weighted by atomic mass is 79.9. The molecule has 2 atom stereocenters. The van der Waals surface area contributed by atoms with E-state index < -0.39 is 6.04 Å². The number of thiophene rings is 1. The van der Waals surface area contributed by atoms with Gasteiger partial charge in [0.15, 0.2) is 0 Å². The zero-order chi connectivity index (χ0) is 14.7. The predicted octanol–water partition coefficient (Wildman–Crippen LogP) is 1.88. The smallest absolute Gasteiger partial charge is 0.262 e. The van der Waals surface area contributed by atoms with Gasteiger partial charge in [-0.25, -0.2) is 0 Å². The van der Waals surface area contributed by atoms with Gasteiger partial charge in [-0.2, -0.15) is 0 Å². The molecule has 2 rings (SSSR count). The second-order valence-electron chi connectivity index (χ2n) is 4.76. The summed E-state index contributed by atoms with van der Waals surface area (Å²) in [6, 6.07) is 3.02. The van der Waals surface area contributed by atoms with Crippen molar-refractivity contribution in [3.63, 3.8) is 0 Å². The number of nitrogens with one attached hydrogen (secondary N) is 1. The molecule has 1 fully saturated rings. The minimum atomic E-state index is -0.534. The zero-order valence-electron chi connectivity index (χ0n) is 11.4. The van der Waals surface area contributed by atoms with E-state index in [1.807, 2.05) is 13.0 Å². The van der Waals surface area contributed by atoms with Crippen molar-refractivity contribution in [2.75, 3.05) is 19.7 Å². The molecule has 2 heterocycles. The zero-order valence-corrected chi connectivity index (χ0v) is 13.8. The van der Waals surface area contributed by atoms with E-state index in [4.69, 9.17) is 4.74 Å². The number of hydrogen-bond donors (Lipinski definition) is 1. The molecule has 110 valence electrons. The molecule has 2 amide bonds. The minimum Gasteiger partial charge on any atom is -0.375 e. The van der Waals surface area contributed by atoms with Crippen LogP contribution >= 0.6 is 27.3 Å². The van der Waals surface area contributed by atoms with Crippen molar-refractivity contribution < 1.29 is 14.3 Å². The Morgan fingerprint density at radius 1 is 1.55 bits per heavy atom. The highest BCUT2D eigenvalue weighted by molar-refractivity contribution is 9.11. The average Bonchev–Trinajstić information content (AvgIpc) is 2.84. The van der Waals surface area contributed by atoms with Gasteiger partial charge in [-0.05, 0) is 41.9 Å². The Hall–Kier alpha value is -0.920. The first-order chi connectivity index (χ1) is 9.47. The highest BCUT2D eigenvalue weighted by Crippen LogP contribution is 2.22. The molecule has 1 aliphatic heterocycles. The Kier molecular flexibility index (Phi) is 5.17. The molecule has 1 aromatic rings. The lowest BCUT2D eigenvalue weighted by molar-refractivity contribution is -0.139. The van der Waals surface area contributed by atoms with Crippen LogP contribution in [-0.4, -0.2) is 48.6 Å². The largest absolute Gasteiger partial charge is 0.375 e. The first-order valence-electron chi connectivity index (χ1n) is 6.44. The molecule has 1 aromatic heterocycles. The molecule has 0 unspecified atom stereocenters. The lowest BCUT2D eigenvalue weighted by Gasteiger charge is -2.33. The first kappa shape index (κ1) is 15.5. The Balaban J connectivity index is 1.92. The maximum atomic E-state index is 12.3. The monoisotopic (exact) mass is 360 g/mol. The minimum absolute atomic E-state index is 0.0452. The van der Waals surface area contributed by atoms with Crippen LogP contribution in [0.1, 0.15) is 23.5 Å². The van der Waals surface area contributed by atoms with E-state index in [0.29, 0.717) is 24.6 Å². The summed E-state index contributed by atoms with van der Waals surface area (Å²) in [5, 5.41) is 2.74. The van der Waals surface area contributed by atoms with Gasteiger partial charge in [0.1, 0.15) is 6.04 Å². The third kappa shape index (κ3) is 3.80. The van der Waals surface area contributed by atoms with Gasteiger partial charge in [0.05, 0.1) is 21.4 Å². The Morgan fingerprint density at radius 3 is 2.90 bits per heavy atom. The molecular formula is C13H17BrN2O3S. The van der Waals surface area contributed by atoms with E-state index in [0.717, 1.165) is 3.79 Å². The number of rotatable bonds is 3. The van der Waals surface area contributed by atoms with Crippen LogP contribution < -0.4 is 5.32 Å². The number of hydrogen-bond acceptors (Lipinski definition) is 4. The lowest BCUT2D eigenvalue weighted by Crippen LogP contribution is -2.52. The van der Waals surface area contributed by atoms with Gasteiger partial charge in [0, 0.05) is 13.1 Å². The number of amides is 2. The molecule has 0 aromatic carbocycles. The van der Waals surface area contributed by atoms with E-state index in [1.165, 1.54) is 11.3 Å². The number of carbonyl (C=O) groups is 2. The number of carbonyl (C=O) groups excluding carboxylic acids is 2. The molecular weight excluding hydrogens is 344 g/mol. The normalized spacial score (nSPS) is 20.6. The predicted molar refractivity (Wildman–Crippen MR) is 80.9 cm³/mol. The van der Waals surface area contributed by atoms with Crippen molar-refractivity contribution in [1.29, 1.82) is 0 Å². The summed E-state index contributed by atoms with van der Waals surface area (Å²) in [7, 11) is 0. The van der Waals surface area contributed by atoms with Gasteiger partial charge < -0.3 is 15.0 Å². The fourth-order valence-corrected chi connectivity index (χ4v) is 3.35. The van der Waals surface area contributed by atoms with Gasteiger partial charge in [0.2, 0.25) is 5.91 Å². The van der Waals surface area contributed by atoms with E-state index >= 15 is 0 Å².